The fourth-order valence-electron chi connectivity index (χ4n) is 7.79. The number of aryl methyl sites for hydroxylation is 1. The Balaban J connectivity index is 1.34. The number of amides is 1. The summed E-state index contributed by atoms with van der Waals surface area (Å²) in [6.45, 7) is 5.17. The summed E-state index contributed by atoms with van der Waals surface area (Å²) in [6, 6.07) is 13.7. The van der Waals surface area contributed by atoms with Gasteiger partial charge in [-0.15, -0.1) is 0 Å². The van der Waals surface area contributed by atoms with Gasteiger partial charge in [0.15, 0.2) is 12.4 Å². The quantitative estimate of drug-likeness (QED) is 0.118. The minimum atomic E-state index is -5.05. The molecule has 5 aromatic rings. The van der Waals surface area contributed by atoms with Crippen LogP contribution in [0.1, 0.15) is 55.9 Å². The molecular formula is C43H44F7N7O5. The summed E-state index contributed by atoms with van der Waals surface area (Å²) in [7, 11) is 3.03. The van der Waals surface area contributed by atoms with Crippen molar-refractivity contribution in [3.8, 4) is 28.9 Å². The van der Waals surface area contributed by atoms with Gasteiger partial charge in [0.2, 0.25) is 0 Å². The minimum Gasteiger partial charge on any atom is -0.497 e. The zero-order valence-corrected chi connectivity index (χ0v) is 34.7. The number of anilines is 2. The molecule has 19 heteroatoms. The number of fused-ring (bicyclic) bond motifs is 3. The fourth-order valence-corrected chi connectivity index (χ4v) is 7.79. The largest absolute Gasteiger partial charge is 0.497 e. The Labute approximate surface area is 352 Å². The van der Waals surface area contributed by atoms with E-state index in [1.807, 2.05) is 0 Å². The van der Waals surface area contributed by atoms with E-state index >= 15 is 17.6 Å². The molecule has 3 aromatic heterocycles. The van der Waals surface area contributed by atoms with Crippen LogP contribution in [0.15, 0.2) is 60.8 Å². The molecule has 2 saturated heterocycles. The number of halogens is 7. The molecule has 62 heavy (non-hydrogen) atoms. The summed E-state index contributed by atoms with van der Waals surface area (Å²) in [4.78, 5) is 35.0. The lowest BCUT2D eigenvalue weighted by Crippen LogP contribution is -2.57. The molecular weight excluding hydrogens is 828 g/mol. The van der Waals surface area contributed by atoms with Crippen LogP contribution in [-0.2, 0) is 24.0 Å². The Morgan fingerprint density at radius 3 is 1.89 bits per heavy atom. The van der Waals surface area contributed by atoms with E-state index < -0.39 is 77.0 Å². The first-order valence-corrected chi connectivity index (χ1v) is 19.6. The van der Waals surface area contributed by atoms with Gasteiger partial charge in [0.05, 0.1) is 37.3 Å². The van der Waals surface area contributed by atoms with Crippen LogP contribution in [0, 0.1) is 12.7 Å². The number of carbonyl (C=O) groups excluding carboxylic acids is 1. The lowest BCUT2D eigenvalue weighted by Gasteiger charge is -2.42. The van der Waals surface area contributed by atoms with Crippen molar-refractivity contribution < 1.29 is 54.5 Å². The molecule has 2 fully saturated rings. The fraction of sp³-hybridized carbons (Fsp3) is 0.419. The highest BCUT2D eigenvalue weighted by atomic mass is 19.4. The molecule has 2 bridgehead atoms. The van der Waals surface area contributed by atoms with Crippen molar-refractivity contribution in [2.45, 2.75) is 83.7 Å². The van der Waals surface area contributed by atoms with E-state index in [2.05, 4.69) is 19.9 Å². The smallest absolute Gasteiger partial charge is 0.422 e. The number of aromatic nitrogens is 4. The lowest BCUT2D eigenvalue weighted by molar-refractivity contribution is -0.154. The maximum Gasteiger partial charge on any atom is 0.422 e. The number of ether oxygens (including phenoxy) is 4. The zero-order valence-electron chi connectivity index (χ0n) is 34.7. The number of methoxy groups -OCH3 is 2. The van der Waals surface area contributed by atoms with Gasteiger partial charge in [0, 0.05) is 32.4 Å². The second-order valence-corrected chi connectivity index (χ2v) is 16.2. The summed E-state index contributed by atoms with van der Waals surface area (Å²) in [5, 5.41) is -0.0993. The number of pyridine rings is 2. The van der Waals surface area contributed by atoms with E-state index in [4.69, 9.17) is 18.9 Å². The molecule has 0 saturated carbocycles. The van der Waals surface area contributed by atoms with Crippen LogP contribution >= 0.6 is 0 Å². The first kappa shape index (κ1) is 43.9. The maximum atomic E-state index is 17.2. The normalized spacial score (nSPS) is 16.7. The summed E-state index contributed by atoms with van der Waals surface area (Å²) in [5.74, 6) is -0.217. The van der Waals surface area contributed by atoms with Crippen molar-refractivity contribution in [2.24, 2.45) is 0 Å². The van der Waals surface area contributed by atoms with Gasteiger partial charge >= 0.3 is 24.5 Å². The summed E-state index contributed by atoms with van der Waals surface area (Å²) < 4.78 is 124. The second-order valence-electron chi connectivity index (χ2n) is 16.2. The average Bonchev–Trinajstić information content (AvgIpc) is 3.47. The SMILES string of the molecule is COc1ccc(CN(Cc2ccc(OC)cc2)c2cc(C)c(C(F)(F)F)c(-c3ncc4c(N5C[C@H]6CC[C@@H](C5)N6C(=O)OC(C)(C)C)nc(OCC(F)(F)F)nc4c3F)n2)cc1. The molecule has 2 atom stereocenters. The molecule has 0 N–H and O–H groups in total. The van der Waals surface area contributed by atoms with Gasteiger partial charge in [-0.1, -0.05) is 24.3 Å². The molecule has 0 unspecified atom stereocenters. The van der Waals surface area contributed by atoms with Gasteiger partial charge in [-0.25, -0.2) is 14.2 Å². The van der Waals surface area contributed by atoms with Crippen LogP contribution in [0.3, 0.4) is 0 Å². The lowest BCUT2D eigenvalue weighted by atomic mass is 10.0. The Hall–Kier alpha value is -6.14. The van der Waals surface area contributed by atoms with Crippen molar-refractivity contribution in [2.75, 3.05) is 43.7 Å². The molecule has 1 amide bonds. The van der Waals surface area contributed by atoms with Gasteiger partial charge in [-0.05, 0) is 87.6 Å². The van der Waals surface area contributed by atoms with Crippen molar-refractivity contribution in [3.63, 3.8) is 0 Å². The van der Waals surface area contributed by atoms with Crippen LogP contribution in [-0.4, -0.2) is 88.7 Å². The first-order valence-electron chi connectivity index (χ1n) is 19.6. The zero-order chi connectivity index (χ0) is 44.7. The molecule has 0 spiro atoms. The van der Waals surface area contributed by atoms with Crippen molar-refractivity contribution in [3.05, 3.63) is 88.9 Å². The average molecular weight is 872 g/mol. The minimum absolute atomic E-state index is 0.0503. The number of nitrogens with zero attached hydrogens (tertiary/aromatic N) is 7. The molecule has 2 aliphatic heterocycles. The third-order valence-corrected chi connectivity index (χ3v) is 10.5. The molecule has 0 aliphatic carbocycles. The number of piperazine rings is 1. The van der Waals surface area contributed by atoms with Gasteiger partial charge < -0.3 is 28.7 Å². The predicted octanol–water partition coefficient (Wildman–Crippen LogP) is 9.31. The molecule has 5 heterocycles. The topological polar surface area (TPSA) is 115 Å². The van der Waals surface area contributed by atoms with E-state index in [0.717, 1.165) is 17.3 Å². The van der Waals surface area contributed by atoms with Crippen LogP contribution in [0.5, 0.6) is 17.5 Å². The van der Waals surface area contributed by atoms with E-state index in [1.54, 1.807) is 84.0 Å². The molecule has 12 nitrogen and oxygen atoms in total. The maximum absolute atomic E-state index is 17.2. The van der Waals surface area contributed by atoms with Gasteiger partial charge in [-0.2, -0.15) is 36.3 Å². The summed E-state index contributed by atoms with van der Waals surface area (Å²) in [6.07, 6.45) is -8.17. The van der Waals surface area contributed by atoms with Crippen LogP contribution < -0.4 is 24.0 Å². The number of hydrogen-bond acceptors (Lipinski definition) is 11. The monoisotopic (exact) mass is 871 g/mol. The highest BCUT2D eigenvalue weighted by Gasteiger charge is 2.45. The van der Waals surface area contributed by atoms with Gasteiger partial charge in [-0.3, -0.25) is 9.88 Å². The highest BCUT2D eigenvalue weighted by molar-refractivity contribution is 5.92. The van der Waals surface area contributed by atoms with Crippen molar-refractivity contribution in [1.29, 1.82) is 0 Å². The number of alkyl halides is 6. The van der Waals surface area contributed by atoms with Gasteiger partial charge in [0.1, 0.15) is 45.6 Å². The molecule has 330 valence electrons. The van der Waals surface area contributed by atoms with Crippen molar-refractivity contribution >= 4 is 28.6 Å². The summed E-state index contributed by atoms with van der Waals surface area (Å²) in [5.41, 5.74) is -3.15. The van der Waals surface area contributed by atoms with E-state index in [-0.39, 0.29) is 48.8 Å². The second kappa shape index (κ2) is 17.0. The number of hydrogen-bond donors (Lipinski definition) is 0. The summed E-state index contributed by atoms with van der Waals surface area (Å²) >= 11 is 0. The third kappa shape index (κ3) is 9.65. The predicted molar refractivity (Wildman–Crippen MR) is 215 cm³/mol. The van der Waals surface area contributed by atoms with Crippen LogP contribution in [0.4, 0.5) is 47.2 Å². The first-order chi connectivity index (χ1) is 29.2. The Morgan fingerprint density at radius 2 is 1.39 bits per heavy atom. The van der Waals surface area contributed by atoms with Crippen LogP contribution in [0.25, 0.3) is 22.3 Å². The number of rotatable bonds is 11. The number of carbonyl (C=O) groups is 1. The van der Waals surface area contributed by atoms with Crippen LogP contribution in [0.2, 0.25) is 0 Å². The van der Waals surface area contributed by atoms with E-state index in [0.29, 0.717) is 24.3 Å². The van der Waals surface area contributed by atoms with E-state index in [1.165, 1.54) is 27.2 Å². The highest BCUT2D eigenvalue weighted by Crippen LogP contribution is 2.43. The molecule has 2 aromatic carbocycles. The Kier molecular flexibility index (Phi) is 12.0. The standard InChI is InChI=1S/C43H44F7N7O5/c1-24-17-32(55(19-25-7-13-29(59-5)14-8-25)20-26-9-15-30(60-6)16-10-26)52-36(33(24)43(48,49)50)37-34(44)35-31(18-51-37)38(54-39(53-35)61-23-42(45,46)47)56-21-27-11-12-28(22-56)57(27)40(58)62-41(2,3)4/h7-10,13-18,27-28H,11-12,19-23H2,1-6H3/t27-,28+. The molecule has 0 radical (unpaired) electrons. The molecule has 7 rings (SSSR count). The van der Waals surface area contributed by atoms with Gasteiger partial charge in [0.25, 0.3) is 0 Å². The van der Waals surface area contributed by atoms with Crippen molar-refractivity contribution in [1.82, 2.24) is 24.8 Å². The number of benzene rings is 2. The Morgan fingerprint density at radius 1 is 0.823 bits per heavy atom. The third-order valence-electron chi connectivity index (χ3n) is 10.5. The Bertz CT molecular complexity index is 2360. The van der Waals surface area contributed by atoms with E-state index in [9.17, 15) is 18.0 Å². The molecule has 2 aliphatic rings.